The Bertz CT molecular complexity index is 1680. The van der Waals surface area contributed by atoms with E-state index in [4.69, 9.17) is 34.7 Å². The quantitative estimate of drug-likeness (QED) is 0.179. The van der Waals surface area contributed by atoms with Crippen molar-refractivity contribution in [2.24, 2.45) is 5.92 Å². The number of nitrogens with two attached hydrogens (primary N) is 2. The van der Waals surface area contributed by atoms with Gasteiger partial charge in [0.05, 0.1) is 25.4 Å². The zero-order valence-corrected chi connectivity index (χ0v) is 21.8. The molecule has 0 bridgehead atoms. The van der Waals surface area contributed by atoms with Crippen LogP contribution in [0.2, 0.25) is 0 Å². The molecule has 4 aromatic heterocycles. The van der Waals surface area contributed by atoms with E-state index in [-0.39, 0.29) is 36.0 Å². The summed E-state index contributed by atoms with van der Waals surface area (Å²) in [6, 6.07) is 0. The highest BCUT2D eigenvalue weighted by Crippen LogP contribution is 2.48. The summed E-state index contributed by atoms with van der Waals surface area (Å²) < 4.78 is 57.3. The van der Waals surface area contributed by atoms with E-state index in [2.05, 4.69) is 29.9 Å². The number of ether oxygens (including phenoxy) is 3. The molecule has 1 unspecified atom stereocenters. The van der Waals surface area contributed by atoms with Gasteiger partial charge in [-0.3, -0.25) is 23.4 Å². The second kappa shape index (κ2) is 10.7. The van der Waals surface area contributed by atoms with Crippen LogP contribution >= 0.6 is 7.82 Å². The van der Waals surface area contributed by atoms with Crippen molar-refractivity contribution in [2.75, 3.05) is 31.5 Å². The lowest BCUT2D eigenvalue weighted by Gasteiger charge is -2.24. The van der Waals surface area contributed by atoms with E-state index < -0.39 is 63.7 Å². The number of aromatic amines is 1. The van der Waals surface area contributed by atoms with Gasteiger partial charge in [0.2, 0.25) is 5.95 Å². The Morgan fingerprint density at radius 3 is 2.66 bits per heavy atom. The van der Waals surface area contributed by atoms with Crippen molar-refractivity contribution in [3.05, 3.63) is 29.3 Å². The minimum atomic E-state index is -5.08. The average Bonchev–Trinajstić information content (AvgIpc) is 3.61. The highest BCUT2D eigenvalue weighted by atomic mass is 31.2. The molecule has 2 aliphatic rings. The predicted octanol–water partition coefficient (Wildman–Crippen LogP) is -0.679. The molecule has 4 aromatic rings. The lowest BCUT2D eigenvalue weighted by molar-refractivity contribution is -0.181. The van der Waals surface area contributed by atoms with Gasteiger partial charge in [0, 0.05) is 12.5 Å². The topological polar surface area (TPSA) is 263 Å². The molecular weight excluding hydrogens is 574 g/mol. The molecule has 7 atom stereocenters. The number of nitrogen functional groups attached to an aromatic ring is 2. The highest BCUT2D eigenvalue weighted by Gasteiger charge is 2.46. The van der Waals surface area contributed by atoms with Crippen LogP contribution in [0.15, 0.2) is 23.8 Å². The van der Waals surface area contributed by atoms with Gasteiger partial charge in [-0.15, -0.1) is 0 Å². The summed E-state index contributed by atoms with van der Waals surface area (Å²) in [6.45, 7) is -1.08. The third kappa shape index (κ3) is 5.15. The number of imidazole rings is 2. The van der Waals surface area contributed by atoms with E-state index in [9.17, 15) is 19.4 Å². The predicted molar refractivity (Wildman–Crippen MR) is 133 cm³/mol. The van der Waals surface area contributed by atoms with Crippen molar-refractivity contribution in [1.82, 2.24) is 39.0 Å². The van der Waals surface area contributed by atoms with Crippen LogP contribution < -0.4 is 17.0 Å². The number of fused-ring (bicyclic) bond motifs is 3. The molecule has 0 saturated carbocycles. The van der Waals surface area contributed by atoms with Gasteiger partial charge >= 0.3 is 7.82 Å². The second-order valence-electron chi connectivity index (χ2n) is 9.17. The van der Waals surface area contributed by atoms with Crippen molar-refractivity contribution in [3.8, 4) is 0 Å². The first kappa shape index (κ1) is 27.5. The summed E-state index contributed by atoms with van der Waals surface area (Å²) in [4.78, 5) is 44.7. The number of nitrogens with one attached hydrogen (secondary N) is 1. The number of H-pyrrole nitrogens is 1. The molecule has 2 saturated heterocycles. The lowest BCUT2D eigenvalue weighted by atomic mass is 9.95. The first-order valence-electron chi connectivity index (χ1n) is 12.1. The molecule has 0 radical (unpaired) electrons. The Balaban J connectivity index is 1.24. The van der Waals surface area contributed by atoms with Crippen molar-refractivity contribution in [1.29, 1.82) is 0 Å². The Morgan fingerprint density at radius 2 is 1.85 bits per heavy atom. The van der Waals surface area contributed by atoms with Gasteiger partial charge in [0.25, 0.3) is 11.9 Å². The lowest BCUT2D eigenvalue weighted by Crippen LogP contribution is -2.29. The molecule has 0 spiro atoms. The van der Waals surface area contributed by atoms with Gasteiger partial charge in [-0.05, 0) is 6.42 Å². The number of halogens is 1. The maximum Gasteiger partial charge on any atom is 0.475 e. The summed E-state index contributed by atoms with van der Waals surface area (Å²) in [5.41, 5.74) is 11.0. The standard InChI is InChI=1S/C20H24FN10O9P/c21-13-19(31-6-27-11-16(31)28-20(23)29-17(11)33)37-7-36-2-1-8-9(3-38-41(34,35)40-13)39-18(12(8)32)30-5-26-10-14(22)24-4-25-15(10)30/h4-6,8-9,12-13,18-19,32H,1-3,7H2,(H,34,35)(H2,22,24,25)(H3,23,28,29,33)/t8-,9-,12-,13+,18-,19-/m1/s1. The van der Waals surface area contributed by atoms with Crippen molar-refractivity contribution in [2.45, 2.75) is 37.4 Å². The van der Waals surface area contributed by atoms with Crippen molar-refractivity contribution >= 4 is 41.9 Å². The normalized spacial score (nSPS) is 31.9. The Labute approximate surface area is 227 Å². The Hall–Kier alpha value is -3.62. The summed E-state index contributed by atoms with van der Waals surface area (Å²) >= 11 is 0. The van der Waals surface area contributed by atoms with Crippen LogP contribution in [0.4, 0.5) is 16.2 Å². The minimum absolute atomic E-state index is 0.00492. The Morgan fingerprint density at radius 1 is 1.10 bits per heavy atom. The highest BCUT2D eigenvalue weighted by molar-refractivity contribution is 7.47. The first-order valence-corrected chi connectivity index (χ1v) is 13.6. The molecule has 6 rings (SSSR count). The van der Waals surface area contributed by atoms with Gasteiger partial charge in [0.1, 0.15) is 24.7 Å². The van der Waals surface area contributed by atoms with E-state index in [1.165, 1.54) is 17.2 Å². The van der Waals surface area contributed by atoms with E-state index in [0.29, 0.717) is 11.2 Å². The van der Waals surface area contributed by atoms with Crippen LogP contribution in [-0.2, 0) is 27.8 Å². The molecule has 2 aliphatic heterocycles. The molecule has 0 amide bonds. The molecule has 7 N–H and O–H groups in total. The molecule has 0 aliphatic carbocycles. The van der Waals surface area contributed by atoms with Crippen LogP contribution in [0.5, 0.6) is 0 Å². The van der Waals surface area contributed by atoms with Gasteiger partial charge < -0.3 is 35.7 Å². The van der Waals surface area contributed by atoms with Crippen LogP contribution in [0.3, 0.4) is 0 Å². The van der Waals surface area contributed by atoms with Gasteiger partial charge in [0.15, 0.2) is 35.1 Å². The number of aromatic nitrogens is 8. The number of phosphoric acid groups is 1. The van der Waals surface area contributed by atoms with Crippen molar-refractivity contribution in [3.63, 3.8) is 0 Å². The molecule has 19 nitrogen and oxygen atoms in total. The van der Waals surface area contributed by atoms with Crippen molar-refractivity contribution < 1.29 is 42.2 Å². The molecule has 21 heteroatoms. The Kier molecular flexibility index (Phi) is 7.16. The fourth-order valence-corrected chi connectivity index (χ4v) is 5.54. The van der Waals surface area contributed by atoms with Crippen LogP contribution in [0.1, 0.15) is 18.9 Å². The zero-order chi connectivity index (χ0) is 28.9. The smallest absolute Gasteiger partial charge is 0.388 e. The first-order chi connectivity index (χ1) is 19.6. The van der Waals surface area contributed by atoms with Gasteiger partial charge in [-0.25, -0.2) is 33.4 Å². The van der Waals surface area contributed by atoms with Crippen LogP contribution in [0, 0.1) is 5.92 Å². The van der Waals surface area contributed by atoms with Gasteiger partial charge in [-0.2, -0.15) is 4.98 Å². The van der Waals surface area contributed by atoms with E-state index in [1.54, 1.807) is 0 Å². The number of hydrogen-bond donors (Lipinski definition) is 5. The van der Waals surface area contributed by atoms with Gasteiger partial charge in [-0.1, -0.05) is 0 Å². The molecule has 41 heavy (non-hydrogen) atoms. The SMILES string of the molecule is Nc1nc2c(ncn2[C@@H]2OCOCC[C@H]3[C@@H](O)[C@H](n4cnc5c(N)ncnc54)O[C@@H]3COP(=O)(O)O[C@@H]2F)c(=O)[nH]1. The monoisotopic (exact) mass is 598 g/mol. The summed E-state index contributed by atoms with van der Waals surface area (Å²) in [7, 11) is -5.08. The number of aliphatic hydroxyl groups is 1. The average molecular weight is 598 g/mol. The summed E-state index contributed by atoms with van der Waals surface area (Å²) in [5.74, 6) is -0.820. The third-order valence-electron chi connectivity index (χ3n) is 6.69. The van der Waals surface area contributed by atoms with E-state index in [1.807, 2.05) is 0 Å². The number of rotatable bonds is 2. The second-order valence-corrected chi connectivity index (χ2v) is 10.6. The molecular formula is C20H24FN10O9P. The summed E-state index contributed by atoms with van der Waals surface area (Å²) in [5, 5.41) is 11.2. The molecule has 220 valence electrons. The third-order valence-corrected chi connectivity index (χ3v) is 7.63. The molecule has 2 fully saturated rings. The maximum absolute atomic E-state index is 15.4. The van der Waals surface area contributed by atoms with E-state index in [0.717, 1.165) is 10.9 Å². The number of alkyl halides is 1. The van der Waals surface area contributed by atoms with Crippen LogP contribution in [0.25, 0.3) is 22.3 Å². The fraction of sp³-hybridized carbons (Fsp3) is 0.500. The largest absolute Gasteiger partial charge is 0.475 e. The number of aliphatic hydroxyl groups excluding tert-OH is 1. The van der Waals surface area contributed by atoms with E-state index >= 15 is 4.39 Å². The number of anilines is 2. The summed E-state index contributed by atoms with van der Waals surface area (Å²) in [6.07, 6.45) is -3.74. The molecule has 6 heterocycles. The molecule has 0 aromatic carbocycles. The maximum atomic E-state index is 15.4. The number of nitrogens with zero attached hydrogens (tertiary/aromatic N) is 7. The van der Waals surface area contributed by atoms with Crippen LogP contribution in [-0.4, -0.2) is 87.6 Å². The number of hydrogen-bond acceptors (Lipinski definition) is 15. The fourth-order valence-electron chi connectivity index (χ4n) is 4.78. The number of phosphoric ester groups is 1. The zero-order valence-electron chi connectivity index (χ0n) is 20.9. The minimum Gasteiger partial charge on any atom is -0.388 e.